The Morgan fingerprint density at radius 1 is 1.33 bits per heavy atom. The number of hydrogen-bond acceptors (Lipinski definition) is 7. The standard InChI is InChI=1S/C14H18F2N6O2/c1-8-13(19-10-6-11(22-21-10)24-14(15)16)20-12(7-18-8)23-9-2-4-17-5-3-9/h6-7,9,14,17H,2-5H2,1H3,(H2,19,20,21,22). The molecule has 1 aliphatic rings. The first kappa shape index (κ1) is 16.4. The van der Waals surface area contributed by atoms with Gasteiger partial charge in [-0.3, -0.25) is 4.98 Å². The van der Waals surface area contributed by atoms with Crippen LogP contribution >= 0.6 is 0 Å². The lowest BCUT2D eigenvalue weighted by molar-refractivity contribution is -0.0528. The summed E-state index contributed by atoms with van der Waals surface area (Å²) in [6.07, 6.45) is 3.49. The fourth-order valence-corrected chi connectivity index (χ4v) is 2.34. The molecule has 0 aliphatic carbocycles. The number of hydrogen-bond donors (Lipinski definition) is 3. The summed E-state index contributed by atoms with van der Waals surface area (Å²) in [6, 6.07) is 1.31. The third-order valence-corrected chi connectivity index (χ3v) is 3.52. The zero-order valence-corrected chi connectivity index (χ0v) is 13.1. The third-order valence-electron chi connectivity index (χ3n) is 3.52. The Kier molecular flexibility index (Phi) is 5.04. The summed E-state index contributed by atoms with van der Waals surface area (Å²) in [5.41, 5.74) is 0.631. The lowest BCUT2D eigenvalue weighted by Crippen LogP contribution is -2.34. The van der Waals surface area contributed by atoms with Gasteiger partial charge in [0.2, 0.25) is 11.8 Å². The van der Waals surface area contributed by atoms with Crippen molar-refractivity contribution < 1.29 is 18.3 Å². The van der Waals surface area contributed by atoms with Crippen molar-refractivity contribution in [1.29, 1.82) is 0 Å². The van der Waals surface area contributed by atoms with E-state index in [4.69, 9.17) is 4.74 Å². The number of alkyl halides is 2. The Morgan fingerprint density at radius 2 is 2.12 bits per heavy atom. The number of nitrogens with zero attached hydrogens (tertiary/aromatic N) is 3. The molecule has 3 heterocycles. The van der Waals surface area contributed by atoms with Gasteiger partial charge in [-0.05, 0) is 32.9 Å². The van der Waals surface area contributed by atoms with Crippen LogP contribution in [0.15, 0.2) is 12.3 Å². The van der Waals surface area contributed by atoms with Gasteiger partial charge in [0.25, 0.3) is 0 Å². The van der Waals surface area contributed by atoms with Crippen molar-refractivity contribution in [2.45, 2.75) is 32.5 Å². The predicted octanol–water partition coefficient (Wildman–Crippen LogP) is 1.98. The molecule has 3 N–H and O–H groups in total. The molecule has 0 atom stereocenters. The molecule has 0 bridgehead atoms. The molecule has 0 radical (unpaired) electrons. The second-order valence-electron chi connectivity index (χ2n) is 5.33. The van der Waals surface area contributed by atoms with Crippen molar-refractivity contribution in [3.63, 3.8) is 0 Å². The van der Waals surface area contributed by atoms with E-state index in [1.165, 1.54) is 6.07 Å². The van der Waals surface area contributed by atoms with Crippen molar-refractivity contribution in [3.05, 3.63) is 18.0 Å². The SMILES string of the molecule is Cc1ncc(OC2CCNCC2)nc1Nc1cc(OC(F)F)[nH]n1. The minimum Gasteiger partial charge on any atom is -0.473 e. The van der Waals surface area contributed by atoms with Gasteiger partial charge in [0.15, 0.2) is 11.6 Å². The van der Waals surface area contributed by atoms with Crippen LogP contribution in [0.5, 0.6) is 11.8 Å². The number of rotatable bonds is 6. The summed E-state index contributed by atoms with van der Waals surface area (Å²) in [7, 11) is 0. The van der Waals surface area contributed by atoms with Gasteiger partial charge >= 0.3 is 6.61 Å². The molecule has 0 unspecified atom stereocenters. The highest BCUT2D eigenvalue weighted by atomic mass is 19.3. The summed E-state index contributed by atoms with van der Waals surface area (Å²) in [5.74, 6) is 1.01. The first-order valence-corrected chi connectivity index (χ1v) is 7.58. The zero-order chi connectivity index (χ0) is 16.9. The van der Waals surface area contributed by atoms with Crippen LogP contribution in [-0.4, -0.2) is 46.0 Å². The molecule has 1 fully saturated rings. The lowest BCUT2D eigenvalue weighted by atomic mass is 10.1. The quantitative estimate of drug-likeness (QED) is 0.740. The van der Waals surface area contributed by atoms with E-state index in [1.54, 1.807) is 13.1 Å². The number of halogens is 2. The Bertz CT molecular complexity index is 675. The highest BCUT2D eigenvalue weighted by Gasteiger charge is 2.16. The predicted molar refractivity (Wildman–Crippen MR) is 81.8 cm³/mol. The number of piperidine rings is 1. The van der Waals surface area contributed by atoms with Crippen LogP contribution in [0.1, 0.15) is 18.5 Å². The number of nitrogens with one attached hydrogen (secondary N) is 3. The summed E-state index contributed by atoms with van der Waals surface area (Å²) < 4.78 is 34.4. The number of aromatic amines is 1. The first-order chi connectivity index (χ1) is 11.6. The van der Waals surface area contributed by atoms with Gasteiger partial charge in [0.1, 0.15) is 6.10 Å². The largest absolute Gasteiger partial charge is 0.473 e. The van der Waals surface area contributed by atoms with Crippen LogP contribution in [0.4, 0.5) is 20.4 Å². The maximum atomic E-state index is 12.2. The van der Waals surface area contributed by atoms with E-state index in [2.05, 4.69) is 35.5 Å². The van der Waals surface area contributed by atoms with Crippen molar-refractivity contribution in [2.24, 2.45) is 0 Å². The van der Waals surface area contributed by atoms with Crippen LogP contribution < -0.4 is 20.1 Å². The highest BCUT2D eigenvalue weighted by Crippen LogP contribution is 2.22. The minimum atomic E-state index is -2.92. The van der Waals surface area contributed by atoms with Gasteiger partial charge in [-0.1, -0.05) is 0 Å². The van der Waals surface area contributed by atoms with E-state index in [9.17, 15) is 8.78 Å². The molecule has 3 rings (SSSR count). The fraction of sp³-hybridized carbons (Fsp3) is 0.500. The zero-order valence-electron chi connectivity index (χ0n) is 13.1. The molecule has 1 saturated heterocycles. The van der Waals surface area contributed by atoms with E-state index in [1.807, 2.05) is 0 Å². The average molecular weight is 340 g/mol. The van der Waals surface area contributed by atoms with E-state index in [-0.39, 0.29) is 12.0 Å². The minimum absolute atomic E-state index is 0.104. The summed E-state index contributed by atoms with van der Waals surface area (Å²) >= 11 is 0. The third kappa shape index (κ3) is 4.28. The molecule has 2 aromatic rings. The highest BCUT2D eigenvalue weighted by molar-refractivity contribution is 5.55. The lowest BCUT2D eigenvalue weighted by Gasteiger charge is -2.23. The second-order valence-corrected chi connectivity index (χ2v) is 5.33. The second kappa shape index (κ2) is 7.39. The molecule has 0 saturated carbocycles. The summed E-state index contributed by atoms with van der Waals surface area (Å²) in [5, 5.41) is 12.4. The Labute approximate surface area is 137 Å². The van der Waals surface area contributed by atoms with Crippen molar-refractivity contribution in [2.75, 3.05) is 18.4 Å². The maximum absolute atomic E-state index is 12.2. The molecule has 130 valence electrons. The van der Waals surface area contributed by atoms with Crippen LogP contribution in [-0.2, 0) is 0 Å². The fourth-order valence-electron chi connectivity index (χ4n) is 2.34. The average Bonchev–Trinajstić information content (AvgIpc) is 2.98. The molecule has 1 aliphatic heterocycles. The van der Waals surface area contributed by atoms with Crippen LogP contribution in [0.25, 0.3) is 0 Å². The number of aryl methyl sites for hydroxylation is 1. The molecular formula is C14H18F2N6O2. The van der Waals surface area contributed by atoms with Gasteiger partial charge in [0.05, 0.1) is 11.9 Å². The molecule has 10 heteroatoms. The summed E-state index contributed by atoms with van der Waals surface area (Å²) in [4.78, 5) is 8.61. The van der Waals surface area contributed by atoms with Gasteiger partial charge in [-0.15, -0.1) is 0 Å². The topological polar surface area (TPSA) is 97.0 Å². The normalized spacial score (nSPS) is 15.5. The molecule has 0 aromatic carbocycles. The van der Waals surface area contributed by atoms with Crippen molar-refractivity contribution in [1.82, 2.24) is 25.5 Å². The number of ether oxygens (including phenoxy) is 2. The van der Waals surface area contributed by atoms with E-state index < -0.39 is 6.61 Å². The molecule has 0 spiro atoms. The molecule has 8 nitrogen and oxygen atoms in total. The number of H-pyrrole nitrogens is 1. The van der Waals surface area contributed by atoms with E-state index >= 15 is 0 Å². The Morgan fingerprint density at radius 3 is 2.88 bits per heavy atom. The molecule has 24 heavy (non-hydrogen) atoms. The van der Waals surface area contributed by atoms with Gasteiger partial charge in [0, 0.05) is 6.07 Å². The Balaban J connectivity index is 1.68. The molecular weight excluding hydrogens is 322 g/mol. The number of anilines is 2. The molecule has 0 amide bonds. The van der Waals surface area contributed by atoms with Gasteiger partial charge in [-0.2, -0.15) is 18.9 Å². The van der Waals surface area contributed by atoms with Crippen molar-refractivity contribution >= 4 is 11.6 Å². The smallest absolute Gasteiger partial charge is 0.388 e. The maximum Gasteiger partial charge on any atom is 0.388 e. The van der Waals surface area contributed by atoms with E-state index in [0.29, 0.717) is 23.2 Å². The molecule has 2 aromatic heterocycles. The van der Waals surface area contributed by atoms with Gasteiger partial charge < -0.3 is 20.1 Å². The van der Waals surface area contributed by atoms with Crippen molar-refractivity contribution in [3.8, 4) is 11.8 Å². The first-order valence-electron chi connectivity index (χ1n) is 7.58. The van der Waals surface area contributed by atoms with Crippen LogP contribution in [0.2, 0.25) is 0 Å². The number of aromatic nitrogens is 4. The Hall–Kier alpha value is -2.49. The van der Waals surface area contributed by atoms with Gasteiger partial charge in [-0.25, -0.2) is 5.10 Å². The van der Waals surface area contributed by atoms with E-state index in [0.717, 1.165) is 25.9 Å². The monoisotopic (exact) mass is 340 g/mol. The summed E-state index contributed by atoms with van der Waals surface area (Å²) in [6.45, 7) is 0.679. The van der Waals surface area contributed by atoms with Crippen LogP contribution in [0, 0.1) is 6.92 Å². The van der Waals surface area contributed by atoms with Crippen LogP contribution in [0.3, 0.4) is 0 Å².